The molecule has 0 radical (unpaired) electrons. The summed E-state index contributed by atoms with van der Waals surface area (Å²) in [5.41, 5.74) is 0.594. The van der Waals surface area contributed by atoms with Gasteiger partial charge in [-0.25, -0.2) is 4.79 Å². The first-order valence-corrected chi connectivity index (χ1v) is 4.22. The van der Waals surface area contributed by atoms with Crippen LogP contribution in [0.5, 0.6) is 0 Å². The summed E-state index contributed by atoms with van der Waals surface area (Å²) in [6, 6.07) is 0. The molecule has 1 aliphatic rings. The molecule has 70 valence electrons. The molecule has 0 aromatic carbocycles. The molecule has 1 rings (SSSR count). The fraction of sp³-hybridized carbons (Fsp3) is 0.364. The monoisotopic (exact) mass is 178 g/mol. The molecule has 0 unspecified atom stereocenters. The SMILES string of the molecule is COC(=O)C1=CC=CC(C)(C)C=C1. The summed E-state index contributed by atoms with van der Waals surface area (Å²) in [4.78, 5) is 11.2. The van der Waals surface area contributed by atoms with E-state index in [-0.39, 0.29) is 11.4 Å². The maximum Gasteiger partial charge on any atom is 0.337 e. The number of rotatable bonds is 1. The molecule has 1 aliphatic carbocycles. The minimum atomic E-state index is -0.293. The molecule has 0 bridgehead atoms. The van der Waals surface area contributed by atoms with E-state index in [0.29, 0.717) is 5.57 Å². The van der Waals surface area contributed by atoms with Gasteiger partial charge in [-0.2, -0.15) is 0 Å². The highest BCUT2D eigenvalue weighted by Crippen LogP contribution is 2.22. The van der Waals surface area contributed by atoms with Gasteiger partial charge in [-0.05, 0) is 6.08 Å². The summed E-state index contributed by atoms with van der Waals surface area (Å²) in [6.07, 6.45) is 9.47. The van der Waals surface area contributed by atoms with Gasteiger partial charge in [0.2, 0.25) is 0 Å². The van der Waals surface area contributed by atoms with Crippen LogP contribution < -0.4 is 0 Å². The largest absolute Gasteiger partial charge is 0.465 e. The predicted octanol–water partition coefficient (Wildman–Crippen LogP) is 2.24. The van der Waals surface area contributed by atoms with Crippen molar-refractivity contribution in [1.82, 2.24) is 0 Å². The minimum Gasteiger partial charge on any atom is -0.465 e. The van der Waals surface area contributed by atoms with E-state index in [1.165, 1.54) is 7.11 Å². The summed E-state index contributed by atoms with van der Waals surface area (Å²) >= 11 is 0. The van der Waals surface area contributed by atoms with E-state index in [9.17, 15) is 4.79 Å². The predicted molar refractivity (Wildman–Crippen MR) is 52.2 cm³/mol. The first-order chi connectivity index (χ1) is 6.05. The Labute approximate surface area is 78.6 Å². The summed E-state index contributed by atoms with van der Waals surface area (Å²) in [5.74, 6) is -0.293. The molecule has 13 heavy (non-hydrogen) atoms. The first kappa shape index (κ1) is 9.78. The maximum absolute atomic E-state index is 11.2. The molecule has 0 spiro atoms. The lowest BCUT2D eigenvalue weighted by Gasteiger charge is -2.12. The lowest BCUT2D eigenvalue weighted by molar-refractivity contribution is -0.135. The zero-order valence-electron chi connectivity index (χ0n) is 8.20. The molecule has 0 aliphatic heterocycles. The van der Waals surface area contributed by atoms with Crippen LogP contribution in [0.1, 0.15) is 13.8 Å². The van der Waals surface area contributed by atoms with E-state index >= 15 is 0 Å². The third-order valence-electron chi connectivity index (χ3n) is 1.92. The quantitative estimate of drug-likeness (QED) is 0.575. The van der Waals surface area contributed by atoms with Crippen molar-refractivity contribution in [2.45, 2.75) is 13.8 Å². The number of hydrogen-bond donors (Lipinski definition) is 0. The van der Waals surface area contributed by atoms with E-state index in [0.717, 1.165) is 0 Å². The van der Waals surface area contributed by atoms with Crippen molar-refractivity contribution in [3.8, 4) is 0 Å². The average Bonchev–Trinajstić information content (AvgIpc) is 2.25. The van der Waals surface area contributed by atoms with Crippen molar-refractivity contribution in [3.05, 3.63) is 36.0 Å². The molecular formula is C11H14O2. The van der Waals surface area contributed by atoms with Gasteiger partial charge < -0.3 is 4.74 Å². The molecule has 0 aromatic heterocycles. The number of methoxy groups -OCH3 is 1. The van der Waals surface area contributed by atoms with Gasteiger partial charge in [-0.1, -0.05) is 38.2 Å². The summed E-state index contributed by atoms with van der Waals surface area (Å²) < 4.78 is 4.62. The van der Waals surface area contributed by atoms with Crippen LogP contribution in [-0.2, 0) is 9.53 Å². The molecule has 0 fully saturated rings. The Bertz CT molecular complexity index is 293. The molecular weight excluding hydrogens is 164 g/mol. The van der Waals surface area contributed by atoms with Crippen LogP contribution in [0.25, 0.3) is 0 Å². The second-order valence-electron chi connectivity index (χ2n) is 3.63. The Morgan fingerprint density at radius 3 is 2.69 bits per heavy atom. The van der Waals surface area contributed by atoms with E-state index in [2.05, 4.69) is 18.6 Å². The van der Waals surface area contributed by atoms with Crippen molar-refractivity contribution in [3.63, 3.8) is 0 Å². The van der Waals surface area contributed by atoms with Crippen LogP contribution in [-0.4, -0.2) is 13.1 Å². The van der Waals surface area contributed by atoms with Gasteiger partial charge in [0, 0.05) is 5.41 Å². The van der Waals surface area contributed by atoms with Gasteiger partial charge in [0.25, 0.3) is 0 Å². The lowest BCUT2D eigenvalue weighted by Crippen LogP contribution is -2.03. The minimum absolute atomic E-state index is 0.00622. The van der Waals surface area contributed by atoms with Crippen LogP contribution in [0, 0.1) is 5.41 Å². The zero-order chi connectivity index (χ0) is 9.90. The maximum atomic E-state index is 11.2. The molecule has 0 atom stereocenters. The van der Waals surface area contributed by atoms with Crippen molar-refractivity contribution in [2.75, 3.05) is 7.11 Å². The Balaban J connectivity index is 2.89. The highest BCUT2D eigenvalue weighted by molar-refractivity contribution is 5.92. The van der Waals surface area contributed by atoms with Gasteiger partial charge in [-0.15, -0.1) is 0 Å². The molecule has 0 N–H and O–H groups in total. The van der Waals surface area contributed by atoms with E-state index in [1.807, 2.05) is 18.2 Å². The van der Waals surface area contributed by atoms with Gasteiger partial charge in [0.15, 0.2) is 0 Å². The third-order valence-corrected chi connectivity index (χ3v) is 1.92. The second kappa shape index (κ2) is 3.60. The third kappa shape index (κ3) is 2.58. The van der Waals surface area contributed by atoms with Crippen LogP contribution in [0.3, 0.4) is 0 Å². The highest BCUT2D eigenvalue weighted by Gasteiger charge is 2.13. The number of allylic oxidation sites excluding steroid dienone is 4. The molecule has 2 nitrogen and oxygen atoms in total. The molecule has 0 saturated heterocycles. The number of esters is 1. The van der Waals surface area contributed by atoms with Crippen molar-refractivity contribution in [2.24, 2.45) is 5.41 Å². The Kier molecular flexibility index (Phi) is 2.71. The Morgan fingerprint density at radius 1 is 1.38 bits per heavy atom. The van der Waals surface area contributed by atoms with Crippen LogP contribution in [0.4, 0.5) is 0 Å². The zero-order valence-corrected chi connectivity index (χ0v) is 8.20. The van der Waals surface area contributed by atoms with Crippen molar-refractivity contribution in [1.29, 1.82) is 0 Å². The Morgan fingerprint density at radius 2 is 2.08 bits per heavy atom. The van der Waals surface area contributed by atoms with Gasteiger partial charge in [0.1, 0.15) is 0 Å². The van der Waals surface area contributed by atoms with Crippen LogP contribution in [0.15, 0.2) is 36.0 Å². The topological polar surface area (TPSA) is 26.3 Å². The number of carbonyl (C=O) groups is 1. The average molecular weight is 178 g/mol. The van der Waals surface area contributed by atoms with E-state index in [4.69, 9.17) is 0 Å². The van der Waals surface area contributed by atoms with Gasteiger partial charge >= 0.3 is 5.97 Å². The number of carbonyl (C=O) groups excluding carboxylic acids is 1. The summed E-state index contributed by atoms with van der Waals surface area (Å²) in [5, 5.41) is 0. The fourth-order valence-electron chi connectivity index (χ4n) is 1.07. The molecule has 0 saturated carbocycles. The smallest absolute Gasteiger partial charge is 0.337 e. The summed E-state index contributed by atoms with van der Waals surface area (Å²) in [6.45, 7) is 4.15. The molecule has 2 heteroatoms. The van der Waals surface area contributed by atoms with Crippen LogP contribution in [0.2, 0.25) is 0 Å². The second-order valence-corrected chi connectivity index (χ2v) is 3.63. The van der Waals surface area contributed by atoms with E-state index in [1.54, 1.807) is 12.2 Å². The number of hydrogen-bond acceptors (Lipinski definition) is 2. The van der Waals surface area contributed by atoms with E-state index < -0.39 is 0 Å². The molecule has 0 amide bonds. The standard InChI is InChI=1S/C11H14O2/c1-11(2)7-4-5-9(6-8-11)10(12)13-3/h4-8H,1-3H3. The van der Waals surface area contributed by atoms with Gasteiger partial charge in [0.05, 0.1) is 12.7 Å². The van der Waals surface area contributed by atoms with Crippen LogP contribution >= 0.6 is 0 Å². The molecule has 0 heterocycles. The normalized spacial score (nSPS) is 19.2. The summed E-state index contributed by atoms with van der Waals surface area (Å²) in [7, 11) is 1.39. The number of ether oxygens (including phenoxy) is 1. The highest BCUT2D eigenvalue weighted by atomic mass is 16.5. The van der Waals surface area contributed by atoms with Crippen molar-refractivity contribution >= 4 is 5.97 Å². The fourth-order valence-corrected chi connectivity index (χ4v) is 1.07. The molecule has 0 aromatic rings. The lowest BCUT2D eigenvalue weighted by atomic mass is 9.93. The first-order valence-electron chi connectivity index (χ1n) is 4.22. The Hall–Kier alpha value is -1.31. The van der Waals surface area contributed by atoms with Gasteiger partial charge in [-0.3, -0.25) is 0 Å². The van der Waals surface area contributed by atoms with Crippen molar-refractivity contribution < 1.29 is 9.53 Å².